The second-order valence-corrected chi connectivity index (χ2v) is 13.8. The first-order valence-corrected chi connectivity index (χ1v) is 16.4. The first-order valence-electron chi connectivity index (χ1n) is 16.4. The van der Waals surface area contributed by atoms with Crippen LogP contribution in [0.2, 0.25) is 0 Å². The van der Waals surface area contributed by atoms with E-state index >= 15 is 0 Å². The zero-order valence-corrected chi connectivity index (χ0v) is 26.3. The molecule has 0 aliphatic heterocycles. The Hall–Kier alpha value is -5.46. The SMILES string of the molecule is Cc1ccc(-c2cc3c4c(cccc4c2)C2=C3c3cc(-c4ccc5c6ccccc6c6ccccc6c5c4)ccc3C2(C)C)cc1. The lowest BCUT2D eigenvalue weighted by Gasteiger charge is -2.25. The third-order valence-corrected chi connectivity index (χ3v) is 10.8. The number of aryl methyl sites for hydroxylation is 1. The van der Waals surface area contributed by atoms with Gasteiger partial charge in [-0.3, -0.25) is 0 Å². The molecule has 0 heteroatoms. The van der Waals surface area contributed by atoms with Gasteiger partial charge in [-0.25, -0.2) is 0 Å². The van der Waals surface area contributed by atoms with Crippen LogP contribution >= 0.6 is 0 Å². The van der Waals surface area contributed by atoms with Crippen molar-refractivity contribution in [2.75, 3.05) is 0 Å². The lowest BCUT2D eigenvalue weighted by atomic mass is 9.78. The van der Waals surface area contributed by atoms with Crippen molar-refractivity contribution in [2.24, 2.45) is 0 Å². The molecule has 8 aromatic carbocycles. The van der Waals surface area contributed by atoms with E-state index in [2.05, 4.69) is 160 Å². The normalized spacial score (nSPS) is 14.5. The van der Waals surface area contributed by atoms with Crippen molar-refractivity contribution < 1.29 is 0 Å². The molecule has 0 nitrogen and oxygen atoms in total. The summed E-state index contributed by atoms with van der Waals surface area (Å²) in [5.41, 5.74) is 14.7. The highest BCUT2D eigenvalue weighted by molar-refractivity contribution is 6.26. The average molecular weight is 585 g/mol. The second-order valence-electron chi connectivity index (χ2n) is 13.8. The largest absolute Gasteiger partial charge is 0.0616 e. The number of rotatable bonds is 2. The van der Waals surface area contributed by atoms with Crippen molar-refractivity contribution in [1.82, 2.24) is 0 Å². The van der Waals surface area contributed by atoms with Crippen molar-refractivity contribution in [1.29, 1.82) is 0 Å². The highest BCUT2D eigenvalue weighted by Gasteiger charge is 2.43. The summed E-state index contributed by atoms with van der Waals surface area (Å²) in [5, 5.41) is 10.6. The van der Waals surface area contributed by atoms with Gasteiger partial charge >= 0.3 is 0 Å². The van der Waals surface area contributed by atoms with Gasteiger partial charge in [-0.2, -0.15) is 0 Å². The standard InChI is InChI=1S/C46H32/c1-27-15-17-28(18-16-27)32-23-31-9-8-14-38-43(31)41(26-32)44-40-25-30(20-22-42(40)46(2,3)45(38)44)29-19-21-37-35-12-5-4-10-33(35)34-11-6-7-13-36(34)39(37)24-29/h4-26H,1-3H3. The lowest BCUT2D eigenvalue weighted by molar-refractivity contribution is 0.705. The molecule has 0 spiro atoms. The topological polar surface area (TPSA) is 0 Å². The Morgan fingerprint density at radius 3 is 1.72 bits per heavy atom. The maximum atomic E-state index is 2.47. The van der Waals surface area contributed by atoms with E-state index in [0.29, 0.717) is 0 Å². The number of benzene rings is 8. The fraction of sp³-hybridized carbons (Fsp3) is 0.0870. The summed E-state index contributed by atoms with van der Waals surface area (Å²) in [6, 6.07) is 52.6. The fourth-order valence-corrected chi connectivity index (χ4v) is 8.64. The van der Waals surface area contributed by atoms with E-state index in [0.717, 1.165) is 0 Å². The molecule has 10 rings (SSSR count). The molecule has 46 heavy (non-hydrogen) atoms. The van der Waals surface area contributed by atoms with Crippen molar-refractivity contribution in [3.8, 4) is 22.3 Å². The van der Waals surface area contributed by atoms with Gasteiger partial charge < -0.3 is 0 Å². The van der Waals surface area contributed by atoms with Crippen molar-refractivity contribution in [2.45, 2.75) is 26.2 Å². The van der Waals surface area contributed by atoms with Gasteiger partial charge in [0.1, 0.15) is 0 Å². The van der Waals surface area contributed by atoms with Gasteiger partial charge in [0, 0.05) is 5.41 Å². The summed E-state index contributed by atoms with van der Waals surface area (Å²) >= 11 is 0. The Morgan fingerprint density at radius 1 is 0.413 bits per heavy atom. The van der Waals surface area contributed by atoms with Gasteiger partial charge in [0.2, 0.25) is 0 Å². The van der Waals surface area contributed by atoms with Gasteiger partial charge in [-0.15, -0.1) is 0 Å². The Labute approximate surface area is 269 Å². The van der Waals surface area contributed by atoms with E-state index in [1.165, 1.54) is 104 Å². The molecule has 0 saturated heterocycles. The monoisotopic (exact) mass is 584 g/mol. The molecule has 0 radical (unpaired) electrons. The van der Waals surface area contributed by atoms with Crippen LogP contribution < -0.4 is 0 Å². The minimum atomic E-state index is -0.0843. The number of hydrogen-bond acceptors (Lipinski definition) is 0. The van der Waals surface area contributed by atoms with Crippen molar-refractivity contribution in [3.63, 3.8) is 0 Å². The van der Waals surface area contributed by atoms with Crippen LogP contribution in [0, 0.1) is 6.92 Å². The molecular weight excluding hydrogens is 553 g/mol. The molecule has 0 saturated carbocycles. The van der Waals surface area contributed by atoms with Crippen LogP contribution in [-0.2, 0) is 5.41 Å². The fourth-order valence-electron chi connectivity index (χ4n) is 8.64. The molecule has 0 amide bonds. The molecule has 0 atom stereocenters. The van der Waals surface area contributed by atoms with Gasteiger partial charge in [0.15, 0.2) is 0 Å². The van der Waals surface area contributed by atoms with Gasteiger partial charge in [-0.1, -0.05) is 135 Å². The van der Waals surface area contributed by atoms with Crippen LogP contribution in [0.4, 0.5) is 0 Å². The van der Waals surface area contributed by atoms with Crippen LogP contribution in [0.3, 0.4) is 0 Å². The maximum Gasteiger partial charge on any atom is 0.0165 e. The van der Waals surface area contributed by atoms with Crippen LogP contribution in [-0.4, -0.2) is 0 Å². The smallest absolute Gasteiger partial charge is 0.0165 e. The molecule has 0 bridgehead atoms. The Balaban J connectivity index is 1.19. The molecule has 0 unspecified atom stereocenters. The summed E-state index contributed by atoms with van der Waals surface area (Å²) in [6.07, 6.45) is 0. The van der Waals surface area contributed by atoms with Gasteiger partial charge in [0.05, 0.1) is 0 Å². The first-order chi connectivity index (χ1) is 22.5. The molecule has 2 aliphatic carbocycles. The Kier molecular flexibility index (Phi) is 5.08. The molecule has 8 aromatic rings. The highest BCUT2D eigenvalue weighted by atomic mass is 14.5. The Bertz CT molecular complexity index is 2610. The predicted molar refractivity (Wildman–Crippen MR) is 197 cm³/mol. The van der Waals surface area contributed by atoms with E-state index in [1.807, 2.05) is 0 Å². The van der Waals surface area contributed by atoms with Crippen LogP contribution in [0.15, 0.2) is 140 Å². The molecular formula is C46H32. The minimum absolute atomic E-state index is 0.0843. The minimum Gasteiger partial charge on any atom is -0.0616 e. The molecule has 216 valence electrons. The molecule has 0 aromatic heterocycles. The summed E-state index contributed by atoms with van der Waals surface area (Å²) in [4.78, 5) is 0. The van der Waals surface area contributed by atoms with E-state index in [4.69, 9.17) is 0 Å². The van der Waals surface area contributed by atoms with Crippen LogP contribution in [0.1, 0.15) is 41.7 Å². The predicted octanol–water partition coefficient (Wildman–Crippen LogP) is 12.5. The summed E-state index contributed by atoms with van der Waals surface area (Å²) in [5.74, 6) is 0. The first kappa shape index (κ1) is 25.8. The van der Waals surface area contributed by atoms with E-state index < -0.39 is 0 Å². The summed E-state index contributed by atoms with van der Waals surface area (Å²) in [6.45, 7) is 6.97. The molecule has 2 aliphatic rings. The number of fused-ring (bicyclic) bond motifs is 10. The quantitative estimate of drug-likeness (QED) is 0.177. The molecule has 0 N–H and O–H groups in total. The average Bonchev–Trinajstić information content (AvgIpc) is 3.55. The van der Waals surface area contributed by atoms with Gasteiger partial charge in [-0.05, 0) is 130 Å². The highest BCUT2D eigenvalue weighted by Crippen LogP contribution is 2.60. The second kappa shape index (κ2) is 9.05. The van der Waals surface area contributed by atoms with E-state index in [-0.39, 0.29) is 5.41 Å². The summed E-state index contributed by atoms with van der Waals surface area (Å²) in [7, 11) is 0. The molecule has 0 fully saturated rings. The van der Waals surface area contributed by atoms with E-state index in [1.54, 1.807) is 0 Å². The molecule has 0 heterocycles. The zero-order chi connectivity index (χ0) is 30.7. The summed E-state index contributed by atoms with van der Waals surface area (Å²) < 4.78 is 0. The van der Waals surface area contributed by atoms with Crippen molar-refractivity contribution in [3.05, 3.63) is 167 Å². The zero-order valence-electron chi connectivity index (χ0n) is 26.3. The van der Waals surface area contributed by atoms with E-state index in [9.17, 15) is 0 Å². The van der Waals surface area contributed by atoms with Crippen molar-refractivity contribution >= 4 is 54.2 Å². The van der Waals surface area contributed by atoms with Crippen LogP contribution in [0.5, 0.6) is 0 Å². The number of allylic oxidation sites excluding steroid dienone is 1. The lowest BCUT2D eigenvalue weighted by Crippen LogP contribution is -2.16. The van der Waals surface area contributed by atoms with Gasteiger partial charge in [0.25, 0.3) is 0 Å². The maximum absolute atomic E-state index is 2.47. The van der Waals surface area contributed by atoms with Crippen LogP contribution in [0.25, 0.3) is 76.5 Å². The third-order valence-electron chi connectivity index (χ3n) is 10.8. The Morgan fingerprint density at radius 2 is 1.00 bits per heavy atom. The number of hydrogen-bond donors (Lipinski definition) is 0. The third kappa shape index (κ3) is 3.39.